The van der Waals surface area contributed by atoms with Crippen molar-refractivity contribution < 1.29 is 9.90 Å². The first-order valence-corrected chi connectivity index (χ1v) is 8.37. The summed E-state index contributed by atoms with van der Waals surface area (Å²) < 4.78 is 1.74. The lowest BCUT2D eigenvalue weighted by atomic mass is 10.1. The van der Waals surface area contributed by atoms with Crippen LogP contribution in [0.4, 0.5) is 0 Å². The van der Waals surface area contributed by atoms with Crippen LogP contribution in [0.2, 0.25) is 5.02 Å². The standard InChI is InChI=1S/C18H24ClN3O2/c1-5-21(12-18(3,4)24)17(23)16-11-22(20-13(16)2)10-14-7-6-8-15(19)9-14/h6-9,11,24H,5,10,12H2,1-4H3. The summed E-state index contributed by atoms with van der Waals surface area (Å²) in [6.45, 7) is 8.46. The summed E-state index contributed by atoms with van der Waals surface area (Å²) in [6.07, 6.45) is 1.76. The van der Waals surface area contributed by atoms with E-state index in [1.54, 1.807) is 29.6 Å². The van der Waals surface area contributed by atoms with Gasteiger partial charge in [-0.15, -0.1) is 0 Å². The zero-order valence-corrected chi connectivity index (χ0v) is 15.3. The molecule has 0 aliphatic rings. The minimum absolute atomic E-state index is 0.116. The van der Waals surface area contributed by atoms with Crippen molar-refractivity contribution >= 4 is 17.5 Å². The minimum atomic E-state index is -0.934. The third-order valence-corrected chi connectivity index (χ3v) is 3.89. The topological polar surface area (TPSA) is 58.4 Å². The summed E-state index contributed by atoms with van der Waals surface area (Å²) in [4.78, 5) is 14.4. The summed E-state index contributed by atoms with van der Waals surface area (Å²) in [6, 6.07) is 7.57. The summed E-state index contributed by atoms with van der Waals surface area (Å²) in [5.74, 6) is -0.116. The number of aryl methyl sites for hydroxylation is 1. The van der Waals surface area contributed by atoms with Crippen LogP contribution in [0.3, 0.4) is 0 Å². The molecule has 0 saturated heterocycles. The third-order valence-electron chi connectivity index (χ3n) is 3.66. The molecule has 0 radical (unpaired) electrons. The first-order chi connectivity index (χ1) is 11.2. The number of hydrogen-bond donors (Lipinski definition) is 1. The Morgan fingerprint density at radius 3 is 2.71 bits per heavy atom. The summed E-state index contributed by atoms with van der Waals surface area (Å²) in [5, 5.41) is 15.1. The average Bonchev–Trinajstić information content (AvgIpc) is 2.83. The normalized spacial score (nSPS) is 11.6. The van der Waals surface area contributed by atoms with Crippen LogP contribution in [0.5, 0.6) is 0 Å². The van der Waals surface area contributed by atoms with Gasteiger partial charge in [0.2, 0.25) is 0 Å². The Morgan fingerprint density at radius 2 is 2.12 bits per heavy atom. The van der Waals surface area contributed by atoms with Crippen molar-refractivity contribution in [1.29, 1.82) is 0 Å². The fraction of sp³-hybridized carbons (Fsp3) is 0.444. The predicted molar refractivity (Wildman–Crippen MR) is 95.4 cm³/mol. The van der Waals surface area contributed by atoms with Gasteiger partial charge in [0, 0.05) is 24.3 Å². The second-order valence-electron chi connectivity index (χ2n) is 6.59. The van der Waals surface area contributed by atoms with E-state index < -0.39 is 5.60 Å². The van der Waals surface area contributed by atoms with E-state index in [1.807, 2.05) is 38.1 Å². The molecule has 2 rings (SSSR count). The smallest absolute Gasteiger partial charge is 0.257 e. The van der Waals surface area contributed by atoms with Gasteiger partial charge in [-0.05, 0) is 45.4 Å². The van der Waals surface area contributed by atoms with Gasteiger partial charge in [-0.2, -0.15) is 5.10 Å². The van der Waals surface area contributed by atoms with E-state index in [-0.39, 0.29) is 12.5 Å². The van der Waals surface area contributed by atoms with Gasteiger partial charge in [0.25, 0.3) is 5.91 Å². The molecule has 24 heavy (non-hydrogen) atoms. The number of benzene rings is 1. The van der Waals surface area contributed by atoms with Gasteiger partial charge in [-0.25, -0.2) is 0 Å². The van der Waals surface area contributed by atoms with E-state index in [4.69, 9.17) is 11.6 Å². The Bertz CT molecular complexity index is 719. The maximum atomic E-state index is 12.7. The lowest BCUT2D eigenvalue weighted by Crippen LogP contribution is -2.42. The maximum absolute atomic E-state index is 12.7. The molecule has 1 N–H and O–H groups in total. The summed E-state index contributed by atoms with van der Waals surface area (Å²) in [7, 11) is 0. The first-order valence-electron chi connectivity index (χ1n) is 8.00. The Kier molecular flexibility index (Phi) is 5.67. The number of hydrogen-bond acceptors (Lipinski definition) is 3. The molecular weight excluding hydrogens is 326 g/mol. The van der Waals surface area contributed by atoms with E-state index in [0.717, 1.165) is 5.56 Å². The molecule has 1 aromatic heterocycles. The summed E-state index contributed by atoms with van der Waals surface area (Å²) >= 11 is 6.01. The minimum Gasteiger partial charge on any atom is -0.389 e. The number of nitrogens with zero attached hydrogens (tertiary/aromatic N) is 3. The first kappa shape index (κ1) is 18.5. The summed E-state index contributed by atoms with van der Waals surface area (Å²) in [5.41, 5.74) is 1.32. The molecule has 1 amide bonds. The molecule has 0 atom stereocenters. The molecular formula is C18H24ClN3O2. The highest BCUT2D eigenvalue weighted by atomic mass is 35.5. The maximum Gasteiger partial charge on any atom is 0.257 e. The average molecular weight is 350 g/mol. The van der Waals surface area contributed by atoms with Gasteiger partial charge in [0.1, 0.15) is 0 Å². The fourth-order valence-corrected chi connectivity index (χ4v) is 2.81. The van der Waals surface area contributed by atoms with E-state index in [2.05, 4.69) is 5.10 Å². The molecule has 2 aromatic rings. The van der Waals surface area contributed by atoms with Crippen molar-refractivity contribution in [3.63, 3.8) is 0 Å². The second kappa shape index (κ2) is 7.36. The molecule has 130 valence electrons. The highest BCUT2D eigenvalue weighted by Gasteiger charge is 2.24. The van der Waals surface area contributed by atoms with Crippen molar-refractivity contribution in [1.82, 2.24) is 14.7 Å². The van der Waals surface area contributed by atoms with Crippen molar-refractivity contribution in [2.24, 2.45) is 0 Å². The van der Waals surface area contributed by atoms with Crippen LogP contribution in [0, 0.1) is 6.92 Å². The number of aromatic nitrogens is 2. The van der Waals surface area contributed by atoms with Crippen molar-refractivity contribution in [3.05, 3.63) is 52.3 Å². The SMILES string of the molecule is CCN(CC(C)(C)O)C(=O)c1cn(Cc2cccc(Cl)c2)nc1C. The molecule has 0 unspecified atom stereocenters. The van der Waals surface area contributed by atoms with Crippen LogP contribution in [-0.2, 0) is 6.54 Å². The molecule has 5 nitrogen and oxygen atoms in total. The Hall–Kier alpha value is -1.85. The monoisotopic (exact) mass is 349 g/mol. The van der Waals surface area contributed by atoms with Crippen LogP contribution in [0.25, 0.3) is 0 Å². The lowest BCUT2D eigenvalue weighted by molar-refractivity contribution is 0.0314. The van der Waals surface area contributed by atoms with Gasteiger partial charge in [0.15, 0.2) is 0 Å². The van der Waals surface area contributed by atoms with Crippen LogP contribution in [-0.4, -0.2) is 44.4 Å². The van der Waals surface area contributed by atoms with Crippen LogP contribution in [0.1, 0.15) is 42.4 Å². The number of halogens is 1. The zero-order valence-electron chi connectivity index (χ0n) is 14.6. The number of carbonyl (C=O) groups is 1. The van der Waals surface area contributed by atoms with Gasteiger partial charge in [-0.3, -0.25) is 9.48 Å². The van der Waals surface area contributed by atoms with Crippen LogP contribution < -0.4 is 0 Å². The quantitative estimate of drug-likeness (QED) is 0.871. The van der Waals surface area contributed by atoms with Crippen molar-refractivity contribution in [2.45, 2.75) is 39.8 Å². The molecule has 1 aromatic carbocycles. The Balaban J connectivity index is 2.19. The third kappa shape index (κ3) is 4.82. The number of likely N-dealkylation sites (N-methyl/N-ethyl adjacent to an activating group) is 1. The van der Waals surface area contributed by atoms with E-state index in [0.29, 0.717) is 29.4 Å². The number of carbonyl (C=O) groups excluding carboxylic acids is 1. The largest absolute Gasteiger partial charge is 0.389 e. The van der Waals surface area contributed by atoms with Gasteiger partial charge >= 0.3 is 0 Å². The highest BCUT2D eigenvalue weighted by molar-refractivity contribution is 6.30. The van der Waals surface area contributed by atoms with Gasteiger partial charge < -0.3 is 10.0 Å². The molecule has 0 bridgehead atoms. The highest BCUT2D eigenvalue weighted by Crippen LogP contribution is 2.15. The van der Waals surface area contributed by atoms with E-state index in [1.165, 1.54) is 0 Å². The van der Waals surface area contributed by atoms with Crippen LogP contribution in [0.15, 0.2) is 30.5 Å². The van der Waals surface area contributed by atoms with Crippen LogP contribution >= 0.6 is 11.6 Å². The Morgan fingerprint density at radius 1 is 1.42 bits per heavy atom. The van der Waals surface area contributed by atoms with Crippen molar-refractivity contribution in [3.8, 4) is 0 Å². The molecule has 1 heterocycles. The van der Waals surface area contributed by atoms with Crippen molar-refractivity contribution in [2.75, 3.05) is 13.1 Å². The number of aliphatic hydroxyl groups is 1. The molecule has 0 aliphatic heterocycles. The van der Waals surface area contributed by atoms with Gasteiger partial charge in [-0.1, -0.05) is 23.7 Å². The second-order valence-corrected chi connectivity index (χ2v) is 7.02. The number of amides is 1. The molecule has 6 heteroatoms. The van der Waals surface area contributed by atoms with E-state index in [9.17, 15) is 9.90 Å². The molecule has 0 aliphatic carbocycles. The fourth-order valence-electron chi connectivity index (χ4n) is 2.60. The Labute approximate surface area is 147 Å². The zero-order chi connectivity index (χ0) is 17.9. The predicted octanol–water partition coefficient (Wildman–Crippen LogP) is 3.13. The molecule has 0 spiro atoms. The molecule has 0 fully saturated rings. The molecule has 0 saturated carbocycles. The van der Waals surface area contributed by atoms with Gasteiger partial charge in [0.05, 0.1) is 23.4 Å². The van der Waals surface area contributed by atoms with E-state index >= 15 is 0 Å². The lowest BCUT2D eigenvalue weighted by Gasteiger charge is -2.27. The number of rotatable bonds is 6.